The Morgan fingerprint density at radius 2 is 1.89 bits per heavy atom. The standard InChI is InChI=1S/C21H16ClN3O2/c22-19-13-17(8-10-20(19)26)21(27)25-24-14-16-5-3-4-15(12-16)7-9-18-6-1-2-11-23-18/h1-14,26H,(H,25,27)/b9-7+,24-14+. The van der Waals surface area contributed by atoms with Gasteiger partial charge in [0.15, 0.2) is 0 Å². The van der Waals surface area contributed by atoms with Crippen LogP contribution in [0.25, 0.3) is 12.2 Å². The Morgan fingerprint density at radius 3 is 2.67 bits per heavy atom. The number of amides is 1. The van der Waals surface area contributed by atoms with Crippen LogP contribution in [0.1, 0.15) is 27.2 Å². The number of hydrazone groups is 1. The van der Waals surface area contributed by atoms with Crippen molar-refractivity contribution in [3.8, 4) is 5.75 Å². The van der Waals surface area contributed by atoms with Crippen LogP contribution in [0, 0.1) is 0 Å². The second-order valence-electron chi connectivity index (χ2n) is 5.62. The van der Waals surface area contributed by atoms with Gasteiger partial charge in [0.2, 0.25) is 0 Å². The number of nitrogens with one attached hydrogen (secondary N) is 1. The number of phenols is 1. The lowest BCUT2D eigenvalue weighted by molar-refractivity contribution is 0.0955. The quantitative estimate of drug-likeness (QED) is 0.512. The maximum Gasteiger partial charge on any atom is 0.271 e. The van der Waals surface area contributed by atoms with E-state index in [2.05, 4.69) is 15.5 Å². The number of halogens is 1. The number of carbonyl (C=O) groups excluding carboxylic acids is 1. The number of carbonyl (C=O) groups is 1. The Kier molecular flexibility index (Phi) is 5.97. The number of benzene rings is 2. The molecule has 3 rings (SSSR count). The highest BCUT2D eigenvalue weighted by molar-refractivity contribution is 6.32. The van der Waals surface area contributed by atoms with Crippen molar-refractivity contribution >= 4 is 35.9 Å². The number of hydrogen-bond acceptors (Lipinski definition) is 4. The molecule has 0 aliphatic rings. The molecule has 0 aliphatic heterocycles. The number of aromatic nitrogens is 1. The summed E-state index contributed by atoms with van der Waals surface area (Å²) in [5.74, 6) is -0.494. The van der Waals surface area contributed by atoms with Crippen LogP contribution in [-0.2, 0) is 0 Å². The lowest BCUT2D eigenvalue weighted by Crippen LogP contribution is -2.17. The van der Waals surface area contributed by atoms with Gasteiger partial charge in [0.25, 0.3) is 5.91 Å². The minimum Gasteiger partial charge on any atom is -0.506 e. The minimum atomic E-state index is -0.417. The molecule has 27 heavy (non-hydrogen) atoms. The van der Waals surface area contributed by atoms with Crippen LogP contribution in [0.2, 0.25) is 5.02 Å². The zero-order valence-electron chi connectivity index (χ0n) is 14.2. The van der Waals surface area contributed by atoms with Gasteiger partial charge in [-0.2, -0.15) is 5.10 Å². The van der Waals surface area contributed by atoms with Gasteiger partial charge in [-0.3, -0.25) is 9.78 Å². The monoisotopic (exact) mass is 377 g/mol. The van der Waals surface area contributed by atoms with Crippen molar-refractivity contribution in [3.05, 3.63) is 94.3 Å². The molecule has 0 saturated heterocycles. The predicted octanol–water partition coefficient (Wildman–Crippen LogP) is 4.37. The van der Waals surface area contributed by atoms with Crippen molar-refractivity contribution in [1.29, 1.82) is 0 Å². The predicted molar refractivity (Wildman–Crippen MR) is 108 cm³/mol. The van der Waals surface area contributed by atoms with E-state index in [4.69, 9.17) is 11.6 Å². The molecule has 0 unspecified atom stereocenters. The third-order valence-corrected chi connectivity index (χ3v) is 3.94. The highest BCUT2D eigenvalue weighted by atomic mass is 35.5. The molecule has 0 bridgehead atoms. The molecule has 0 aliphatic carbocycles. The summed E-state index contributed by atoms with van der Waals surface area (Å²) in [5.41, 5.74) is 5.44. The normalized spacial score (nSPS) is 11.1. The summed E-state index contributed by atoms with van der Waals surface area (Å²) in [4.78, 5) is 16.3. The van der Waals surface area contributed by atoms with Crippen LogP contribution in [-0.4, -0.2) is 22.2 Å². The van der Waals surface area contributed by atoms with Crippen molar-refractivity contribution in [1.82, 2.24) is 10.4 Å². The van der Waals surface area contributed by atoms with Gasteiger partial charge in [-0.15, -0.1) is 0 Å². The third kappa shape index (κ3) is 5.26. The van der Waals surface area contributed by atoms with Gasteiger partial charge in [-0.25, -0.2) is 5.43 Å². The van der Waals surface area contributed by atoms with E-state index in [0.717, 1.165) is 16.8 Å². The molecule has 3 aromatic rings. The van der Waals surface area contributed by atoms with Crippen LogP contribution in [0.15, 0.2) is 72.0 Å². The van der Waals surface area contributed by atoms with E-state index in [1.807, 2.05) is 54.6 Å². The summed E-state index contributed by atoms with van der Waals surface area (Å²) in [5, 5.41) is 13.5. The summed E-state index contributed by atoms with van der Waals surface area (Å²) < 4.78 is 0. The Bertz CT molecular complexity index is 1000. The summed E-state index contributed by atoms with van der Waals surface area (Å²) in [7, 11) is 0. The van der Waals surface area contributed by atoms with Crippen molar-refractivity contribution in [2.45, 2.75) is 0 Å². The number of aromatic hydroxyl groups is 1. The molecule has 2 N–H and O–H groups in total. The van der Waals surface area contributed by atoms with Crippen LogP contribution >= 0.6 is 11.6 Å². The average Bonchev–Trinajstić information content (AvgIpc) is 2.69. The van der Waals surface area contributed by atoms with Gasteiger partial charge < -0.3 is 5.11 Å². The number of hydrogen-bond donors (Lipinski definition) is 2. The average molecular weight is 378 g/mol. The number of rotatable bonds is 5. The molecule has 6 heteroatoms. The fourth-order valence-electron chi connectivity index (χ4n) is 2.28. The summed E-state index contributed by atoms with van der Waals surface area (Å²) in [6.07, 6.45) is 7.17. The van der Waals surface area contributed by atoms with E-state index in [1.165, 1.54) is 18.2 Å². The molecule has 134 valence electrons. The number of phenolic OH excluding ortho intramolecular Hbond substituents is 1. The molecule has 0 atom stereocenters. The molecule has 2 aromatic carbocycles. The lowest BCUT2D eigenvalue weighted by Gasteiger charge is -2.02. The second kappa shape index (κ2) is 8.78. The van der Waals surface area contributed by atoms with Crippen LogP contribution < -0.4 is 5.43 Å². The highest BCUT2D eigenvalue weighted by Gasteiger charge is 2.07. The first-order valence-corrected chi connectivity index (χ1v) is 8.51. The molecule has 5 nitrogen and oxygen atoms in total. The zero-order chi connectivity index (χ0) is 19.1. The molecular formula is C21H16ClN3O2. The topological polar surface area (TPSA) is 74.6 Å². The van der Waals surface area contributed by atoms with E-state index < -0.39 is 5.91 Å². The van der Waals surface area contributed by atoms with Crippen molar-refractivity contribution < 1.29 is 9.90 Å². The molecule has 1 heterocycles. The Labute approximate surface area is 161 Å². The molecule has 0 saturated carbocycles. The lowest BCUT2D eigenvalue weighted by atomic mass is 10.1. The van der Waals surface area contributed by atoms with E-state index in [1.54, 1.807) is 12.4 Å². The van der Waals surface area contributed by atoms with Crippen molar-refractivity contribution in [2.24, 2.45) is 5.10 Å². The maximum absolute atomic E-state index is 12.0. The Hall–Kier alpha value is -3.44. The fraction of sp³-hybridized carbons (Fsp3) is 0. The van der Waals surface area contributed by atoms with E-state index in [9.17, 15) is 9.90 Å². The summed E-state index contributed by atoms with van der Waals surface area (Å²) in [6.45, 7) is 0. The smallest absolute Gasteiger partial charge is 0.271 e. The van der Waals surface area contributed by atoms with Gasteiger partial charge in [-0.05, 0) is 53.6 Å². The highest BCUT2D eigenvalue weighted by Crippen LogP contribution is 2.23. The maximum atomic E-state index is 12.0. The fourth-order valence-corrected chi connectivity index (χ4v) is 2.46. The van der Waals surface area contributed by atoms with Crippen molar-refractivity contribution in [3.63, 3.8) is 0 Å². The van der Waals surface area contributed by atoms with Crippen molar-refractivity contribution in [2.75, 3.05) is 0 Å². The minimum absolute atomic E-state index is 0.0766. The molecular weight excluding hydrogens is 362 g/mol. The molecule has 0 radical (unpaired) electrons. The van der Waals surface area contributed by atoms with Crippen LogP contribution in [0.4, 0.5) is 0 Å². The molecule has 0 spiro atoms. The van der Waals surface area contributed by atoms with Gasteiger partial charge in [-0.1, -0.05) is 41.9 Å². The Morgan fingerprint density at radius 1 is 1.04 bits per heavy atom. The number of pyridine rings is 1. The van der Waals surface area contributed by atoms with E-state index >= 15 is 0 Å². The van der Waals surface area contributed by atoms with Crippen LogP contribution in [0.3, 0.4) is 0 Å². The zero-order valence-corrected chi connectivity index (χ0v) is 15.0. The summed E-state index contributed by atoms with van der Waals surface area (Å²) in [6, 6.07) is 17.6. The van der Waals surface area contributed by atoms with Crippen LogP contribution in [0.5, 0.6) is 5.75 Å². The Balaban J connectivity index is 1.64. The first-order valence-electron chi connectivity index (χ1n) is 8.13. The third-order valence-electron chi connectivity index (χ3n) is 3.63. The molecule has 1 aromatic heterocycles. The van der Waals surface area contributed by atoms with Gasteiger partial charge in [0.1, 0.15) is 5.75 Å². The summed E-state index contributed by atoms with van der Waals surface area (Å²) >= 11 is 5.80. The first-order chi connectivity index (χ1) is 13.1. The van der Waals surface area contributed by atoms with Gasteiger partial charge >= 0.3 is 0 Å². The largest absolute Gasteiger partial charge is 0.506 e. The molecule has 1 amide bonds. The number of nitrogens with zero attached hydrogens (tertiary/aromatic N) is 2. The first kappa shape index (κ1) is 18.4. The second-order valence-corrected chi connectivity index (χ2v) is 6.03. The SMILES string of the molecule is O=C(N/N=C/c1cccc(/C=C/c2ccccn2)c1)c1ccc(O)c(Cl)c1. The van der Waals surface area contributed by atoms with E-state index in [0.29, 0.717) is 5.56 Å². The van der Waals surface area contributed by atoms with Gasteiger partial charge in [0.05, 0.1) is 16.9 Å². The van der Waals surface area contributed by atoms with E-state index in [-0.39, 0.29) is 10.8 Å². The molecule has 0 fully saturated rings. The van der Waals surface area contributed by atoms with Gasteiger partial charge in [0, 0.05) is 11.8 Å².